The van der Waals surface area contributed by atoms with E-state index < -0.39 is 18.1 Å². The predicted molar refractivity (Wildman–Crippen MR) is 120 cm³/mol. The van der Waals surface area contributed by atoms with E-state index in [4.69, 9.17) is 28.0 Å². The van der Waals surface area contributed by atoms with Gasteiger partial charge >= 0.3 is 0 Å². The van der Waals surface area contributed by atoms with Crippen molar-refractivity contribution in [2.75, 3.05) is 9.96 Å². The number of rotatable bonds is 3. The zero-order chi connectivity index (χ0) is 21.7. The van der Waals surface area contributed by atoms with Gasteiger partial charge in [-0.15, -0.1) is 0 Å². The fraction of sp³-hybridized carbons (Fsp3) is 0.167. The lowest BCUT2D eigenvalue weighted by Crippen LogP contribution is -2.37. The van der Waals surface area contributed by atoms with Gasteiger partial charge in [0, 0.05) is 10.0 Å². The second kappa shape index (κ2) is 7.68. The molecular weight excluding hydrogens is 435 g/mol. The lowest BCUT2D eigenvalue weighted by Gasteiger charge is -2.29. The highest BCUT2D eigenvalue weighted by Gasteiger charge is 2.60. The van der Waals surface area contributed by atoms with Crippen LogP contribution in [-0.4, -0.2) is 17.9 Å². The molecule has 0 unspecified atom stereocenters. The van der Waals surface area contributed by atoms with Crippen molar-refractivity contribution < 1.29 is 14.4 Å². The topological polar surface area (TPSA) is 49.9 Å². The molecule has 2 fully saturated rings. The van der Waals surface area contributed by atoms with Gasteiger partial charge in [-0.1, -0.05) is 59.6 Å². The van der Waals surface area contributed by atoms with Crippen LogP contribution in [0.15, 0.2) is 72.8 Å². The third kappa shape index (κ3) is 3.30. The van der Waals surface area contributed by atoms with E-state index >= 15 is 0 Å². The molecule has 0 aromatic heterocycles. The third-order valence-electron chi connectivity index (χ3n) is 5.67. The summed E-state index contributed by atoms with van der Waals surface area (Å²) < 4.78 is 0. The molecule has 3 aromatic carbocycles. The number of hydroxylamine groups is 1. The molecule has 5 rings (SSSR count). The molecule has 3 atom stereocenters. The summed E-state index contributed by atoms with van der Waals surface area (Å²) in [7, 11) is 0. The lowest BCUT2D eigenvalue weighted by molar-refractivity contribution is -0.126. The minimum Gasteiger partial charge on any atom is -0.273 e. The van der Waals surface area contributed by atoms with Crippen LogP contribution in [0.1, 0.15) is 17.2 Å². The average Bonchev–Trinajstić information content (AvgIpc) is 3.25. The first-order valence-corrected chi connectivity index (χ1v) is 10.6. The van der Waals surface area contributed by atoms with Gasteiger partial charge in [0.05, 0.1) is 17.4 Å². The van der Waals surface area contributed by atoms with E-state index in [0.29, 0.717) is 21.3 Å². The number of hydrogen-bond acceptors (Lipinski definition) is 4. The highest BCUT2D eigenvalue weighted by Crippen LogP contribution is 2.49. The summed E-state index contributed by atoms with van der Waals surface area (Å²) in [5, 5.41) is 2.52. The molecule has 0 saturated carbocycles. The van der Waals surface area contributed by atoms with Crippen molar-refractivity contribution in [1.82, 2.24) is 0 Å². The van der Waals surface area contributed by atoms with Gasteiger partial charge in [0.1, 0.15) is 5.92 Å². The first kappa shape index (κ1) is 20.1. The second-order valence-corrected chi connectivity index (χ2v) is 8.52. The number of anilines is 2. The Bertz CT molecular complexity index is 1180. The number of carbonyl (C=O) groups excluding carboxylic acids is 2. The molecule has 2 amide bonds. The minimum absolute atomic E-state index is 0.310. The number of para-hydroxylation sites is 1. The van der Waals surface area contributed by atoms with Crippen LogP contribution < -0.4 is 9.96 Å². The van der Waals surface area contributed by atoms with Crippen LogP contribution in [0.5, 0.6) is 0 Å². The number of amides is 2. The largest absolute Gasteiger partial charge is 0.273 e. The van der Waals surface area contributed by atoms with Crippen molar-refractivity contribution in [1.29, 1.82) is 0 Å². The lowest BCUT2D eigenvalue weighted by atomic mass is 9.90. The van der Waals surface area contributed by atoms with Crippen molar-refractivity contribution in [3.63, 3.8) is 0 Å². The van der Waals surface area contributed by atoms with Crippen molar-refractivity contribution in [3.05, 3.63) is 94.0 Å². The van der Waals surface area contributed by atoms with E-state index in [2.05, 4.69) is 0 Å². The van der Waals surface area contributed by atoms with E-state index in [9.17, 15) is 9.59 Å². The minimum atomic E-state index is -0.940. The summed E-state index contributed by atoms with van der Waals surface area (Å²) in [5.74, 6) is -1.43. The number of carbonyl (C=O) groups is 2. The molecule has 0 N–H and O–H groups in total. The summed E-state index contributed by atoms with van der Waals surface area (Å²) in [6.07, 6.45) is -0.940. The van der Waals surface area contributed by atoms with Crippen molar-refractivity contribution >= 4 is 46.4 Å². The van der Waals surface area contributed by atoms with Crippen molar-refractivity contribution in [2.45, 2.75) is 19.1 Å². The van der Waals surface area contributed by atoms with Gasteiger partial charge in [-0.25, -0.2) is 9.96 Å². The second-order valence-electron chi connectivity index (χ2n) is 7.67. The van der Waals surface area contributed by atoms with Gasteiger partial charge in [0.15, 0.2) is 6.10 Å². The molecule has 2 heterocycles. The quantitative estimate of drug-likeness (QED) is 0.502. The molecule has 2 saturated heterocycles. The fourth-order valence-electron chi connectivity index (χ4n) is 4.29. The number of halogens is 2. The standard InChI is InChI=1S/C24H18Cl2N2O3/c1-14-6-5-9-17(12-14)27-23(29)20-21(18-11-10-15(25)13-19(18)26)28(31-22(20)24(27)30)16-7-3-2-4-8-16/h2-13,20-22H,1H3/t20-,21+,22+/m1/s1. The number of fused-ring (bicyclic) bond motifs is 1. The Morgan fingerprint density at radius 2 is 1.58 bits per heavy atom. The molecule has 31 heavy (non-hydrogen) atoms. The molecule has 0 radical (unpaired) electrons. The molecular formula is C24H18Cl2N2O3. The van der Waals surface area contributed by atoms with Crippen LogP contribution in [0.25, 0.3) is 0 Å². The Kier molecular flexibility index (Phi) is 4.97. The van der Waals surface area contributed by atoms with E-state index in [-0.39, 0.29) is 11.8 Å². The van der Waals surface area contributed by atoms with Gasteiger partial charge < -0.3 is 0 Å². The van der Waals surface area contributed by atoms with E-state index in [1.54, 1.807) is 29.3 Å². The molecule has 2 aliphatic rings. The number of imide groups is 1. The number of hydrogen-bond donors (Lipinski definition) is 0. The summed E-state index contributed by atoms with van der Waals surface area (Å²) in [6.45, 7) is 1.92. The van der Waals surface area contributed by atoms with Crippen LogP contribution in [0.2, 0.25) is 10.0 Å². The molecule has 156 valence electrons. The van der Waals surface area contributed by atoms with Gasteiger partial charge in [-0.2, -0.15) is 0 Å². The maximum Gasteiger partial charge on any atom is 0.266 e. The van der Waals surface area contributed by atoms with E-state index in [1.807, 2.05) is 55.5 Å². The van der Waals surface area contributed by atoms with Crippen LogP contribution in [0.4, 0.5) is 11.4 Å². The SMILES string of the molecule is Cc1cccc(N2C(=O)[C@H]3[C@H](ON(c4ccccc4)[C@H]3c3ccc(Cl)cc3Cl)C2=O)c1. The molecule has 0 bridgehead atoms. The molecule has 5 nitrogen and oxygen atoms in total. The van der Waals surface area contributed by atoms with Crippen molar-refractivity contribution in [3.8, 4) is 0 Å². The molecule has 2 aliphatic heterocycles. The van der Waals surface area contributed by atoms with Gasteiger partial charge in [0.2, 0.25) is 5.91 Å². The average molecular weight is 453 g/mol. The Morgan fingerprint density at radius 1 is 0.839 bits per heavy atom. The number of benzene rings is 3. The molecule has 0 aliphatic carbocycles. The zero-order valence-electron chi connectivity index (χ0n) is 16.5. The zero-order valence-corrected chi connectivity index (χ0v) is 18.0. The summed E-state index contributed by atoms with van der Waals surface area (Å²) in [5.41, 5.74) is 2.91. The Balaban J connectivity index is 1.62. The summed E-state index contributed by atoms with van der Waals surface area (Å²) in [4.78, 5) is 34.2. The maximum absolute atomic E-state index is 13.6. The molecule has 3 aromatic rings. The third-order valence-corrected chi connectivity index (χ3v) is 6.23. The predicted octanol–water partition coefficient (Wildman–Crippen LogP) is 5.35. The Labute approximate surface area is 189 Å². The fourth-order valence-corrected chi connectivity index (χ4v) is 4.81. The first-order valence-electron chi connectivity index (χ1n) is 9.86. The normalized spacial score (nSPS) is 22.9. The van der Waals surface area contributed by atoms with Gasteiger partial charge in [0.25, 0.3) is 5.91 Å². The maximum atomic E-state index is 13.6. The summed E-state index contributed by atoms with van der Waals surface area (Å²) in [6, 6.07) is 21.2. The van der Waals surface area contributed by atoms with Gasteiger partial charge in [-0.05, 0) is 54.4 Å². The highest BCUT2D eigenvalue weighted by molar-refractivity contribution is 6.35. The van der Waals surface area contributed by atoms with Crippen LogP contribution in [0, 0.1) is 12.8 Å². The van der Waals surface area contributed by atoms with Gasteiger partial charge in [-0.3, -0.25) is 14.4 Å². The van der Waals surface area contributed by atoms with Crippen LogP contribution in [-0.2, 0) is 14.4 Å². The van der Waals surface area contributed by atoms with E-state index in [0.717, 1.165) is 11.3 Å². The molecule has 0 spiro atoms. The Hall–Kier alpha value is -2.86. The monoisotopic (exact) mass is 452 g/mol. The number of nitrogens with zero attached hydrogens (tertiary/aromatic N) is 2. The molecule has 7 heteroatoms. The van der Waals surface area contributed by atoms with Crippen molar-refractivity contribution in [2.24, 2.45) is 5.92 Å². The Morgan fingerprint density at radius 3 is 2.29 bits per heavy atom. The highest BCUT2D eigenvalue weighted by atomic mass is 35.5. The first-order chi connectivity index (χ1) is 15.0. The van der Waals surface area contributed by atoms with E-state index in [1.165, 1.54) is 4.90 Å². The van der Waals surface area contributed by atoms with Crippen LogP contribution in [0.3, 0.4) is 0 Å². The van der Waals surface area contributed by atoms with Crippen LogP contribution >= 0.6 is 23.2 Å². The smallest absolute Gasteiger partial charge is 0.266 e. The summed E-state index contributed by atoms with van der Waals surface area (Å²) >= 11 is 12.6. The number of aryl methyl sites for hydroxylation is 1.